The molecule has 4 aliphatic heterocycles. The molecule has 5 rings (SSSR count). The van der Waals surface area contributed by atoms with Crippen LogP contribution >= 0.6 is 0 Å². The number of ether oxygens (including phenoxy) is 3. The van der Waals surface area contributed by atoms with E-state index in [9.17, 15) is 8.78 Å². The summed E-state index contributed by atoms with van der Waals surface area (Å²) in [5.41, 5.74) is 6.08. The predicted octanol–water partition coefficient (Wildman–Crippen LogP) is 1.43. The number of nitrogens with zero attached hydrogens (tertiary/aromatic N) is 6. The summed E-state index contributed by atoms with van der Waals surface area (Å²) in [6.45, 7) is 14.4. The Morgan fingerprint density at radius 3 is 1.43 bits per heavy atom. The van der Waals surface area contributed by atoms with Gasteiger partial charge in [-0.25, -0.2) is 8.78 Å². The lowest BCUT2D eigenvalue weighted by Gasteiger charge is -2.64. The summed E-state index contributed by atoms with van der Waals surface area (Å²) in [5.74, 6) is -1.04. The average Bonchev–Trinajstić information content (AvgIpc) is 3.06. The minimum atomic E-state index is -1.04. The monoisotopic (exact) mass is 627 g/mol. The summed E-state index contributed by atoms with van der Waals surface area (Å²) in [6.07, 6.45) is 6.93. The summed E-state index contributed by atoms with van der Waals surface area (Å²) in [7, 11) is 5.18. The van der Waals surface area contributed by atoms with Gasteiger partial charge < -0.3 is 19.9 Å². The van der Waals surface area contributed by atoms with E-state index in [1.165, 1.54) is 0 Å². The van der Waals surface area contributed by atoms with Gasteiger partial charge in [0.2, 0.25) is 5.79 Å². The van der Waals surface area contributed by atoms with E-state index in [2.05, 4.69) is 42.4 Å². The Kier molecular flexibility index (Phi) is 11.6. The molecule has 1 unspecified atom stereocenters. The van der Waals surface area contributed by atoms with Gasteiger partial charge in [0, 0.05) is 131 Å². The fourth-order valence-electron chi connectivity index (χ4n) is 9.01. The third kappa shape index (κ3) is 6.57. The number of rotatable bonds is 11. The number of hydrogen-bond donors (Lipinski definition) is 1. The first-order valence-electron chi connectivity index (χ1n) is 17.0. The van der Waals surface area contributed by atoms with E-state index in [0.717, 1.165) is 104 Å². The van der Waals surface area contributed by atoms with Crippen LogP contribution in [0.15, 0.2) is 11.8 Å². The van der Waals surface area contributed by atoms with Crippen molar-refractivity contribution in [3.8, 4) is 0 Å². The lowest BCUT2D eigenvalue weighted by atomic mass is 9.72. The summed E-state index contributed by atoms with van der Waals surface area (Å²) in [4.78, 5) is 15.0. The molecule has 0 aromatic carbocycles. The van der Waals surface area contributed by atoms with Crippen LogP contribution in [0.5, 0.6) is 0 Å². The van der Waals surface area contributed by atoms with E-state index >= 15 is 0 Å². The number of alkyl halides is 2. The van der Waals surface area contributed by atoms with Gasteiger partial charge in [-0.3, -0.25) is 29.4 Å². The van der Waals surface area contributed by atoms with Crippen molar-refractivity contribution in [3.05, 3.63) is 11.8 Å². The number of nitrogens with two attached hydrogens (primary N) is 1. The highest BCUT2D eigenvalue weighted by Gasteiger charge is 2.64. The molecule has 12 heteroatoms. The molecule has 0 bridgehead atoms. The Morgan fingerprint density at radius 2 is 1.09 bits per heavy atom. The summed E-state index contributed by atoms with van der Waals surface area (Å²) >= 11 is 0. The van der Waals surface area contributed by atoms with Crippen LogP contribution in [0.3, 0.4) is 0 Å². The number of piperazine rings is 2. The number of piperidine rings is 2. The number of likely N-dealkylation sites (tertiary alicyclic amines) is 2. The van der Waals surface area contributed by atoms with Gasteiger partial charge in [0.25, 0.3) is 0 Å². The molecule has 2 N–H and O–H groups in total. The van der Waals surface area contributed by atoms with Gasteiger partial charge in [0.1, 0.15) is 24.6 Å². The molecule has 0 amide bonds. The van der Waals surface area contributed by atoms with Crippen LogP contribution in [0.2, 0.25) is 0 Å². The van der Waals surface area contributed by atoms with E-state index in [1.54, 1.807) is 21.3 Å². The highest BCUT2D eigenvalue weighted by molar-refractivity contribution is 5.30. The van der Waals surface area contributed by atoms with E-state index in [1.807, 2.05) is 0 Å². The molecule has 5 aliphatic rings. The van der Waals surface area contributed by atoms with Gasteiger partial charge in [-0.1, -0.05) is 0 Å². The number of methoxy groups -OCH3 is 3. The Bertz CT molecular complexity index is 881. The van der Waals surface area contributed by atoms with E-state index in [-0.39, 0.29) is 13.3 Å². The van der Waals surface area contributed by atoms with Crippen LogP contribution in [-0.4, -0.2) is 185 Å². The van der Waals surface area contributed by atoms with Gasteiger partial charge in [-0.05, 0) is 38.7 Å². The lowest BCUT2D eigenvalue weighted by molar-refractivity contribution is -0.273. The van der Waals surface area contributed by atoms with Gasteiger partial charge in [-0.2, -0.15) is 0 Å². The quantitative estimate of drug-likeness (QED) is 0.340. The van der Waals surface area contributed by atoms with Crippen molar-refractivity contribution in [2.75, 3.05) is 126 Å². The normalized spacial score (nSPS) is 31.4. The highest BCUT2D eigenvalue weighted by atomic mass is 19.1. The summed E-state index contributed by atoms with van der Waals surface area (Å²) in [5, 5.41) is 0. The van der Waals surface area contributed by atoms with Crippen molar-refractivity contribution in [2.24, 2.45) is 5.73 Å². The van der Waals surface area contributed by atoms with Crippen LogP contribution in [0.25, 0.3) is 0 Å². The molecule has 10 nitrogen and oxygen atoms in total. The van der Waals surface area contributed by atoms with Gasteiger partial charge >= 0.3 is 0 Å². The Balaban J connectivity index is 1.34. The molecule has 0 aromatic heterocycles. The second-order valence-electron chi connectivity index (χ2n) is 13.6. The van der Waals surface area contributed by atoms with Gasteiger partial charge in [0.15, 0.2) is 0 Å². The molecule has 4 fully saturated rings. The minimum Gasteiger partial charge on any atom is -0.398 e. The van der Waals surface area contributed by atoms with E-state index in [0.29, 0.717) is 37.3 Å². The van der Waals surface area contributed by atoms with Gasteiger partial charge in [-0.15, -0.1) is 0 Å². The largest absolute Gasteiger partial charge is 0.398 e. The molecule has 1 atom stereocenters. The van der Waals surface area contributed by atoms with Crippen molar-refractivity contribution < 1.29 is 23.0 Å². The van der Waals surface area contributed by atoms with Crippen LogP contribution in [-0.2, 0) is 14.2 Å². The minimum absolute atomic E-state index is 0.267. The second-order valence-corrected chi connectivity index (χ2v) is 13.6. The Morgan fingerprint density at radius 1 is 0.682 bits per heavy atom. The van der Waals surface area contributed by atoms with Crippen molar-refractivity contribution in [1.82, 2.24) is 29.4 Å². The molecule has 0 radical (unpaired) electrons. The standard InChI is InChI=1S/C32H59F2N7O3/c1-30(42-2)25-29(35)31(43-3,44-4)26-32(30,40-11-5-27(6-12-40)38-21-17-36(15-9-33)18-22-38)41-13-7-28(8-14-41)39-23-19-37(16-10-34)20-24-39/h25,27-28H,5-24,26,35H2,1-4H3. The molecule has 254 valence electrons. The van der Waals surface area contributed by atoms with Crippen LogP contribution in [0, 0.1) is 0 Å². The Labute approximate surface area is 264 Å². The number of halogens is 2. The first-order chi connectivity index (χ1) is 21.3. The highest BCUT2D eigenvalue weighted by Crippen LogP contribution is 2.50. The molecule has 1 aliphatic carbocycles. The van der Waals surface area contributed by atoms with Crippen LogP contribution in [0.4, 0.5) is 8.78 Å². The number of hydrogen-bond acceptors (Lipinski definition) is 10. The first kappa shape index (κ1) is 34.4. The second kappa shape index (κ2) is 14.9. The van der Waals surface area contributed by atoms with E-state index in [4.69, 9.17) is 19.9 Å². The topological polar surface area (TPSA) is 73.2 Å². The fourth-order valence-corrected chi connectivity index (χ4v) is 9.01. The van der Waals surface area contributed by atoms with Crippen molar-refractivity contribution in [1.29, 1.82) is 0 Å². The summed E-state index contributed by atoms with van der Waals surface area (Å²) in [6, 6.07) is 1.07. The zero-order chi connectivity index (χ0) is 31.4. The average molecular weight is 628 g/mol. The molecule has 0 spiro atoms. The van der Waals surface area contributed by atoms with Crippen LogP contribution < -0.4 is 5.73 Å². The third-order valence-electron chi connectivity index (χ3n) is 11.9. The van der Waals surface area contributed by atoms with Crippen molar-refractivity contribution in [2.45, 2.75) is 68.2 Å². The lowest BCUT2D eigenvalue weighted by Crippen LogP contribution is -2.78. The SMILES string of the molecule is COC1(OC)CC(N2CCC(N3CCN(CCF)CC3)CC2)(N2CCC(N3CCN(CCF)CC3)CC2)C(C)(OC)C=C1N. The zero-order valence-corrected chi connectivity index (χ0v) is 27.8. The fraction of sp³-hybridized carbons (Fsp3) is 0.938. The molecular formula is C32H59F2N7O3. The maximum atomic E-state index is 12.9. The van der Waals surface area contributed by atoms with E-state index < -0.39 is 17.1 Å². The third-order valence-corrected chi connectivity index (χ3v) is 11.9. The Hall–Kier alpha value is -0.960. The smallest absolute Gasteiger partial charge is 0.212 e. The summed E-state index contributed by atoms with van der Waals surface area (Å²) < 4.78 is 44.5. The van der Waals surface area contributed by atoms with Crippen molar-refractivity contribution in [3.63, 3.8) is 0 Å². The maximum Gasteiger partial charge on any atom is 0.212 e. The zero-order valence-electron chi connectivity index (χ0n) is 27.8. The first-order valence-corrected chi connectivity index (χ1v) is 17.0. The van der Waals surface area contributed by atoms with Crippen LogP contribution in [0.1, 0.15) is 39.0 Å². The predicted molar refractivity (Wildman–Crippen MR) is 169 cm³/mol. The molecule has 0 aromatic rings. The molecule has 4 heterocycles. The maximum absolute atomic E-state index is 12.9. The molecule has 44 heavy (non-hydrogen) atoms. The van der Waals surface area contributed by atoms with Crippen molar-refractivity contribution >= 4 is 0 Å². The van der Waals surface area contributed by atoms with Gasteiger partial charge in [0.05, 0.1) is 5.70 Å². The molecular weight excluding hydrogens is 568 g/mol. The molecule has 0 saturated carbocycles. The molecule has 4 saturated heterocycles.